The van der Waals surface area contributed by atoms with Crippen molar-refractivity contribution in [3.63, 3.8) is 0 Å². The SMILES string of the molecule is CC1CNCC2(CCCCCCCCCC2)C1c1cc(CNC2=NCCN2)cc(C(=O)NCc2ccc(Cl)c(Cl)c2)n1. The maximum atomic E-state index is 13.6. The lowest BCUT2D eigenvalue weighted by Gasteiger charge is -2.48. The highest BCUT2D eigenvalue weighted by molar-refractivity contribution is 6.42. The van der Waals surface area contributed by atoms with E-state index in [1.807, 2.05) is 12.1 Å². The molecule has 1 aromatic heterocycles. The summed E-state index contributed by atoms with van der Waals surface area (Å²) in [6.07, 6.45) is 12.9. The van der Waals surface area contributed by atoms with Crippen molar-refractivity contribution in [1.29, 1.82) is 0 Å². The number of nitrogens with one attached hydrogen (secondary N) is 4. The highest BCUT2D eigenvalue weighted by Crippen LogP contribution is 2.50. The van der Waals surface area contributed by atoms with Crippen LogP contribution < -0.4 is 21.3 Å². The first-order valence-electron chi connectivity index (χ1n) is 15.9. The van der Waals surface area contributed by atoms with Gasteiger partial charge >= 0.3 is 0 Å². The first kappa shape index (κ1) is 31.1. The Morgan fingerprint density at radius 3 is 2.38 bits per heavy atom. The van der Waals surface area contributed by atoms with Gasteiger partial charge in [-0.3, -0.25) is 9.79 Å². The summed E-state index contributed by atoms with van der Waals surface area (Å²) >= 11 is 12.3. The molecule has 3 aliphatic rings. The minimum absolute atomic E-state index is 0.145. The highest BCUT2D eigenvalue weighted by Gasteiger charge is 2.45. The molecule has 2 fully saturated rings. The molecule has 2 unspecified atom stereocenters. The molecule has 1 spiro atoms. The van der Waals surface area contributed by atoms with Crippen molar-refractivity contribution >= 4 is 35.1 Å². The number of carbonyl (C=O) groups is 1. The quantitative estimate of drug-likeness (QED) is 0.295. The van der Waals surface area contributed by atoms with Crippen LogP contribution in [0, 0.1) is 11.3 Å². The van der Waals surface area contributed by atoms with Crippen molar-refractivity contribution in [2.24, 2.45) is 16.3 Å². The molecule has 0 radical (unpaired) electrons. The van der Waals surface area contributed by atoms with Gasteiger partial charge in [-0.05, 0) is 66.1 Å². The summed E-state index contributed by atoms with van der Waals surface area (Å²) in [5, 5.41) is 14.6. The summed E-state index contributed by atoms with van der Waals surface area (Å²) in [6.45, 7) is 6.91. The van der Waals surface area contributed by atoms with E-state index < -0.39 is 0 Å². The summed E-state index contributed by atoms with van der Waals surface area (Å²) in [6, 6.07) is 9.60. The topological polar surface area (TPSA) is 90.4 Å². The molecule has 3 heterocycles. The monoisotopic (exact) mass is 612 g/mol. The van der Waals surface area contributed by atoms with Crippen LogP contribution in [0.25, 0.3) is 0 Å². The van der Waals surface area contributed by atoms with E-state index in [4.69, 9.17) is 28.2 Å². The number of benzene rings is 1. The Kier molecular flexibility index (Phi) is 11.0. The van der Waals surface area contributed by atoms with Crippen molar-refractivity contribution in [2.45, 2.75) is 90.1 Å². The molecule has 5 rings (SSSR count). The van der Waals surface area contributed by atoms with E-state index in [0.29, 0.717) is 40.7 Å². The number of aliphatic imine (C=N–C) groups is 1. The third-order valence-electron chi connectivity index (χ3n) is 9.30. The second-order valence-electron chi connectivity index (χ2n) is 12.5. The zero-order chi connectivity index (χ0) is 29.4. The summed E-state index contributed by atoms with van der Waals surface area (Å²) < 4.78 is 0. The van der Waals surface area contributed by atoms with Gasteiger partial charge in [0.15, 0.2) is 5.96 Å². The van der Waals surface area contributed by atoms with Crippen LogP contribution in [0.3, 0.4) is 0 Å². The lowest BCUT2D eigenvalue weighted by molar-refractivity contribution is 0.0893. The molecule has 7 nitrogen and oxygen atoms in total. The highest BCUT2D eigenvalue weighted by atomic mass is 35.5. The lowest BCUT2D eigenvalue weighted by atomic mass is 9.61. The van der Waals surface area contributed by atoms with Gasteiger partial charge in [0.25, 0.3) is 5.91 Å². The minimum Gasteiger partial charge on any atom is -0.355 e. The van der Waals surface area contributed by atoms with Gasteiger partial charge in [-0.25, -0.2) is 4.98 Å². The van der Waals surface area contributed by atoms with Crippen LogP contribution in [-0.2, 0) is 13.1 Å². The third-order valence-corrected chi connectivity index (χ3v) is 10.0. The normalized spacial score (nSPS) is 23.0. The van der Waals surface area contributed by atoms with Crippen LogP contribution in [0.2, 0.25) is 10.0 Å². The summed E-state index contributed by atoms with van der Waals surface area (Å²) in [5.74, 6) is 1.35. The van der Waals surface area contributed by atoms with Gasteiger partial charge in [0.2, 0.25) is 0 Å². The Morgan fingerprint density at radius 1 is 0.952 bits per heavy atom. The van der Waals surface area contributed by atoms with Gasteiger partial charge in [-0.15, -0.1) is 0 Å². The number of halogens is 2. The molecule has 1 aromatic carbocycles. The first-order valence-corrected chi connectivity index (χ1v) is 16.6. The number of pyridine rings is 1. The number of hydrogen-bond donors (Lipinski definition) is 4. The van der Waals surface area contributed by atoms with Gasteiger partial charge in [-0.1, -0.05) is 87.6 Å². The Morgan fingerprint density at radius 2 is 1.69 bits per heavy atom. The van der Waals surface area contributed by atoms with E-state index in [-0.39, 0.29) is 11.3 Å². The fraction of sp³-hybridized carbons (Fsp3) is 0.606. The van der Waals surface area contributed by atoms with E-state index in [1.165, 1.54) is 64.2 Å². The number of nitrogens with zero attached hydrogens (tertiary/aromatic N) is 2. The molecule has 1 aliphatic carbocycles. The molecule has 9 heteroatoms. The van der Waals surface area contributed by atoms with Crippen molar-refractivity contribution < 1.29 is 4.79 Å². The van der Waals surface area contributed by atoms with Crippen LogP contribution in [-0.4, -0.2) is 43.0 Å². The molecule has 0 bridgehead atoms. The van der Waals surface area contributed by atoms with Crippen LogP contribution >= 0.6 is 23.2 Å². The number of guanidine groups is 1. The van der Waals surface area contributed by atoms with Crippen LogP contribution in [0.1, 0.15) is 104 Å². The smallest absolute Gasteiger partial charge is 0.270 e. The van der Waals surface area contributed by atoms with Gasteiger partial charge in [0, 0.05) is 37.8 Å². The van der Waals surface area contributed by atoms with Crippen molar-refractivity contribution in [3.05, 3.63) is 62.9 Å². The predicted octanol–water partition coefficient (Wildman–Crippen LogP) is 6.59. The summed E-state index contributed by atoms with van der Waals surface area (Å²) in [5.41, 5.74) is 3.60. The number of carbonyl (C=O) groups excluding carboxylic acids is 1. The first-order chi connectivity index (χ1) is 20.4. The Bertz CT molecular complexity index is 1240. The van der Waals surface area contributed by atoms with Gasteiger partial charge in [0.1, 0.15) is 5.69 Å². The number of hydrogen-bond acceptors (Lipinski definition) is 6. The molecule has 2 atom stereocenters. The van der Waals surface area contributed by atoms with Crippen LogP contribution in [0.4, 0.5) is 0 Å². The maximum Gasteiger partial charge on any atom is 0.270 e. The Hall–Kier alpha value is -2.35. The number of piperidine rings is 1. The van der Waals surface area contributed by atoms with Crippen molar-refractivity contribution in [2.75, 3.05) is 26.2 Å². The summed E-state index contributed by atoms with van der Waals surface area (Å²) in [7, 11) is 0. The summed E-state index contributed by atoms with van der Waals surface area (Å²) in [4.78, 5) is 23.2. The second kappa shape index (κ2) is 14.9. The fourth-order valence-corrected chi connectivity index (χ4v) is 7.55. The molecule has 1 saturated heterocycles. The maximum absolute atomic E-state index is 13.6. The van der Waals surface area contributed by atoms with Gasteiger partial charge in [-0.2, -0.15) is 0 Å². The van der Waals surface area contributed by atoms with E-state index >= 15 is 0 Å². The molecule has 2 aromatic rings. The number of rotatable bonds is 6. The fourth-order valence-electron chi connectivity index (χ4n) is 7.23. The predicted molar refractivity (Wildman–Crippen MR) is 172 cm³/mol. The number of aromatic nitrogens is 1. The van der Waals surface area contributed by atoms with Crippen LogP contribution in [0.15, 0.2) is 35.3 Å². The largest absolute Gasteiger partial charge is 0.355 e. The van der Waals surface area contributed by atoms with Gasteiger partial charge < -0.3 is 21.3 Å². The molecule has 42 heavy (non-hydrogen) atoms. The Labute approximate surface area is 261 Å². The zero-order valence-corrected chi connectivity index (χ0v) is 26.4. The average molecular weight is 614 g/mol. The lowest BCUT2D eigenvalue weighted by Crippen LogP contribution is -2.50. The van der Waals surface area contributed by atoms with E-state index in [1.54, 1.807) is 12.1 Å². The van der Waals surface area contributed by atoms with Crippen molar-refractivity contribution in [3.8, 4) is 0 Å². The van der Waals surface area contributed by atoms with E-state index in [0.717, 1.165) is 49.0 Å². The molecule has 4 N–H and O–H groups in total. The van der Waals surface area contributed by atoms with Crippen molar-refractivity contribution in [1.82, 2.24) is 26.3 Å². The molecule has 228 valence electrons. The molecular formula is C33H46Cl2N6O. The Balaban J connectivity index is 1.44. The number of amides is 1. The van der Waals surface area contributed by atoms with E-state index in [2.05, 4.69) is 39.2 Å². The molecular weight excluding hydrogens is 567 g/mol. The van der Waals surface area contributed by atoms with Crippen LogP contribution in [0.5, 0.6) is 0 Å². The van der Waals surface area contributed by atoms with Gasteiger partial charge in [0.05, 0.1) is 16.6 Å². The average Bonchev–Trinajstić information content (AvgIpc) is 3.49. The second-order valence-corrected chi connectivity index (χ2v) is 13.3. The molecule has 2 aliphatic heterocycles. The third kappa shape index (κ3) is 7.97. The molecule has 1 saturated carbocycles. The van der Waals surface area contributed by atoms with E-state index in [9.17, 15) is 4.79 Å². The standard InChI is InChI=1S/C33H46Cl2N6O/c1-23-19-36-22-33(12-8-6-4-2-3-5-7-9-13-33)30(23)28-17-25(21-40-32-37-14-15-38-32)18-29(41-28)31(42)39-20-24-10-11-26(34)27(35)16-24/h10-11,16-18,23,30,36H,2-9,12-15,19-22H2,1H3,(H,39,42)(H2,37,38,40). The minimum atomic E-state index is -0.182. The zero-order valence-electron chi connectivity index (χ0n) is 24.9. The molecule has 1 amide bonds.